The Morgan fingerprint density at radius 3 is 3.00 bits per heavy atom. The van der Waals surface area contributed by atoms with Gasteiger partial charge < -0.3 is 24.8 Å². The SMILES string of the molecule is CCc1noc(CCNC(=O)N2CCC[C@@]3(CC2)CNC(=O)O3)n1. The van der Waals surface area contributed by atoms with E-state index in [1.807, 2.05) is 6.92 Å². The Morgan fingerprint density at radius 2 is 2.29 bits per heavy atom. The van der Waals surface area contributed by atoms with E-state index in [0.717, 1.165) is 19.3 Å². The number of urea groups is 1. The van der Waals surface area contributed by atoms with Crippen LogP contribution in [0.3, 0.4) is 0 Å². The molecule has 0 aliphatic carbocycles. The van der Waals surface area contributed by atoms with Crippen LogP contribution in [-0.2, 0) is 17.6 Å². The maximum absolute atomic E-state index is 12.3. The van der Waals surface area contributed by atoms with Gasteiger partial charge in [-0.25, -0.2) is 9.59 Å². The number of carbonyl (C=O) groups excluding carboxylic acids is 2. The molecule has 3 amide bonds. The van der Waals surface area contributed by atoms with Crippen molar-refractivity contribution in [3.05, 3.63) is 11.7 Å². The molecular formula is C15H23N5O4. The Labute approximate surface area is 140 Å². The average molecular weight is 337 g/mol. The number of alkyl carbamates (subject to hydrolysis) is 1. The van der Waals surface area contributed by atoms with Gasteiger partial charge in [-0.1, -0.05) is 12.1 Å². The molecule has 0 bridgehead atoms. The molecule has 24 heavy (non-hydrogen) atoms. The summed E-state index contributed by atoms with van der Waals surface area (Å²) in [6.45, 7) is 4.16. The van der Waals surface area contributed by atoms with Gasteiger partial charge in [0.15, 0.2) is 5.82 Å². The van der Waals surface area contributed by atoms with Crippen molar-refractivity contribution >= 4 is 12.1 Å². The molecule has 9 heteroatoms. The van der Waals surface area contributed by atoms with Gasteiger partial charge in [-0.3, -0.25) is 0 Å². The second-order valence-corrected chi connectivity index (χ2v) is 6.21. The molecule has 1 spiro atoms. The van der Waals surface area contributed by atoms with Crippen LogP contribution in [0.15, 0.2) is 4.52 Å². The highest BCUT2D eigenvalue weighted by Crippen LogP contribution is 2.29. The number of amides is 3. The molecule has 0 saturated carbocycles. The minimum atomic E-state index is -0.452. The van der Waals surface area contributed by atoms with Gasteiger partial charge in [0.05, 0.1) is 6.54 Å². The standard InChI is InChI=1S/C15H23N5O4/c1-2-11-18-12(24-19-11)4-7-16-13(21)20-8-3-5-15(6-9-20)10-17-14(22)23-15/h2-10H2,1H3,(H,16,21)(H,17,22)/t15-/m1/s1. The summed E-state index contributed by atoms with van der Waals surface area (Å²) in [4.78, 5) is 29.6. The largest absolute Gasteiger partial charge is 0.441 e. The second kappa shape index (κ2) is 7.06. The number of nitrogens with zero attached hydrogens (tertiary/aromatic N) is 3. The van der Waals surface area contributed by atoms with E-state index in [4.69, 9.17) is 9.26 Å². The highest BCUT2D eigenvalue weighted by Gasteiger charge is 2.41. The first-order valence-corrected chi connectivity index (χ1v) is 8.41. The molecule has 2 fully saturated rings. The van der Waals surface area contributed by atoms with E-state index in [1.54, 1.807) is 4.90 Å². The van der Waals surface area contributed by atoms with Crippen molar-refractivity contribution in [2.24, 2.45) is 0 Å². The third kappa shape index (κ3) is 3.77. The zero-order chi connectivity index (χ0) is 17.0. The van der Waals surface area contributed by atoms with E-state index in [9.17, 15) is 9.59 Å². The highest BCUT2D eigenvalue weighted by molar-refractivity contribution is 5.74. The predicted octanol–water partition coefficient (Wildman–Crippen LogP) is 0.849. The average Bonchev–Trinajstić information content (AvgIpc) is 3.11. The topological polar surface area (TPSA) is 110 Å². The van der Waals surface area contributed by atoms with E-state index >= 15 is 0 Å². The van der Waals surface area contributed by atoms with E-state index < -0.39 is 5.60 Å². The third-order valence-electron chi connectivity index (χ3n) is 4.49. The van der Waals surface area contributed by atoms with Crippen LogP contribution in [0, 0.1) is 0 Å². The number of aromatic nitrogens is 2. The minimum absolute atomic E-state index is 0.112. The van der Waals surface area contributed by atoms with Crippen LogP contribution < -0.4 is 10.6 Å². The Kier molecular flexibility index (Phi) is 4.86. The summed E-state index contributed by atoms with van der Waals surface area (Å²) in [5.74, 6) is 1.21. The molecule has 2 aliphatic heterocycles. The van der Waals surface area contributed by atoms with Gasteiger partial charge >= 0.3 is 12.1 Å². The first kappa shape index (κ1) is 16.5. The molecule has 1 aromatic rings. The lowest BCUT2D eigenvalue weighted by molar-refractivity contribution is 0.0453. The van der Waals surface area contributed by atoms with Crippen LogP contribution in [0.4, 0.5) is 9.59 Å². The van der Waals surface area contributed by atoms with Crippen LogP contribution in [0.25, 0.3) is 0 Å². The number of aryl methyl sites for hydroxylation is 1. The first-order chi connectivity index (χ1) is 11.6. The smallest absolute Gasteiger partial charge is 0.407 e. The fourth-order valence-corrected chi connectivity index (χ4v) is 3.08. The molecule has 2 N–H and O–H groups in total. The van der Waals surface area contributed by atoms with Gasteiger partial charge in [-0.15, -0.1) is 0 Å². The molecule has 0 radical (unpaired) electrons. The molecule has 3 rings (SSSR count). The summed E-state index contributed by atoms with van der Waals surface area (Å²) in [6.07, 6.45) is 3.12. The lowest BCUT2D eigenvalue weighted by atomic mass is 9.95. The fraction of sp³-hybridized carbons (Fsp3) is 0.733. The number of hydrogen-bond donors (Lipinski definition) is 2. The van der Waals surface area contributed by atoms with Crippen molar-refractivity contribution in [2.45, 2.75) is 44.6 Å². The van der Waals surface area contributed by atoms with Crippen molar-refractivity contribution in [3.63, 3.8) is 0 Å². The molecule has 0 unspecified atom stereocenters. The van der Waals surface area contributed by atoms with Crippen molar-refractivity contribution in [1.29, 1.82) is 0 Å². The monoisotopic (exact) mass is 337 g/mol. The first-order valence-electron chi connectivity index (χ1n) is 8.41. The van der Waals surface area contributed by atoms with Crippen LogP contribution in [0.2, 0.25) is 0 Å². The van der Waals surface area contributed by atoms with Crippen LogP contribution in [0.1, 0.15) is 37.9 Å². The van der Waals surface area contributed by atoms with Gasteiger partial charge in [0.25, 0.3) is 0 Å². The van der Waals surface area contributed by atoms with Crippen LogP contribution in [0.5, 0.6) is 0 Å². The van der Waals surface area contributed by atoms with Crippen LogP contribution >= 0.6 is 0 Å². The quantitative estimate of drug-likeness (QED) is 0.843. The summed E-state index contributed by atoms with van der Waals surface area (Å²) in [7, 11) is 0. The normalized spacial score (nSPS) is 23.7. The van der Waals surface area contributed by atoms with Gasteiger partial charge in [0, 0.05) is 38.9 Å². The summed E-state index contributed by atoms with van der Waals surface area (Å²) < 4.78 is 10.5. The Morgan fingerprint density at radius 1 is 1.42 bits per heavy atom. The van der Waals surface area contributed by atoms with E-state index in [1.165, 1.54) is 0 Å². The Bertz CT molecular complexity index is 604. The predicted molar refractivity (Wildman–Crippen MR) is 83.4 cm³/mol. The highest BCUT2D eigenvalue weighted by atomic mass is 16.6. The number of carbonyl (C=O) groups is 2. The van der Waals surface area contributed by atoms with Gasteiger partial charge in [-0.05, 0) is 12.8 Å². The van der Waals surface area contributed by atoms with E-state index in [2.05, 4.69) is 20.8 Å². The number of likely N-dealkylation sites (tertiary alicyclic amines) is 1. The summed E-state index contributed by atoms with van der Waals surface area (Å²) >= 11 is 0. The molecule has 1 aromatic heterocycles. The molecule has 2 saturated heterocycles. The number of nitrogens with one attached hydrogen (secondary N) is 2. The van der Waals surface area contributed by atoms with Crippen LogP contribution in [-0.4, -0.2) is 58.9 Å². The molecule has 2 aliphatic rings. The van der Waals surface area contributed by atoms with Crippen molar-refractivity contribution in [2.75, 3.05) is 26.2 Å². The minimum Gasteiger partial charge on any atom is -0.441 e. The van der Waals surface area contributed by atoms with Gasteiger partial charge in [-0.2, -0.15) is 4.98 Å². The number of rotatable bonds is 4. The maximum Gasteiger partial charge on any atom is 0.407 e. The molecule has 132 valence electrons. The lowest BCUT2D eigenvalue weighted by Gasteiger charge is -2.25. The molecular weight excluding hydrogens is 314 g/mol. The Hall–Kier alpha value is -2.32. The Balaban J connectivity index is 1.44. The van der Waals surface area contributed by atoms with Crippen molar-refractivity contribution in [1.82, 2.24) is 25.7 Å². The van der Waals surface area contributed by atoms with Gasteiger partial charge in [0.1, 0.15) is 5.60 Å². The fourth-order valence-electron chi connectivity index (χ4n) is 3.08. The molecule has 3 heterocycles. The molecule has 9 nitrogen and oxygen atoms in total. The molecule has 1 atom stereocenters. The zero-order valence-corrected chi connectivity index (χ0v) is 13.8. The second-order valence-electron chi connectivity index (χ2n) is 6.21. The maximum atomic E-state index is 12.3. The van der Waals surface area contributed by atoms with Crippen molar-refractivity contribution < 1.29 is 18.8 Å². The number of ether oxygens (including phenoxy) is 1. The van der Waals surface area contributed by atoms with E-state index in [0.29, 0.717) is 50.7 Å². The van der Waals surface area contributed by atoms with Crippen molar-refractivity contribution in [3.8, 4) is 0 Å². The summed E-state index contributed by atoms with van der Waals surface area (Å²) in [5, 5.41) is 9.41. The third-order valence-corrected chi connectivity index (χ3v) is 4.49. The van der Waals surface area contributed by atoms with E-state index in [-0.39, 0.29) is 12.1 Å². The summed E-state index contributed by atoms with van der Waals surface area (Å²) in [6, 6.07) is -0.112. The summed E-state index contributed by atoms with van der Waals surface area (Å²) in [5.41, 5.74) is -0.452. The van der Waals surface area contributed by atoms with Gasteiger partial charge in [0.2, 0.25) is 5.89 Å². The number of hydrogen-bond acceptors (Lipinski definition) is 6. The molecule has 0 aromatic carbocycles. The zero-order valence-electron chi connectivity index (χ0n) is 13.8. The lowest BCUT2D eigenvalue weighted by Crippen LogP contribution is -2.42.